The van der Waals surface area contributed by atoms with E-state index in [1.807, 2.05) is 18.5 Å². The third kappa shape index (κ3) is 3.49. The van der Waals surface area contributed by atoms with Crippen molar-refractivity contribution in [3.63, 3.8) is 0 Å². The molecule has 0 radical (unpaired) electrons. The Morgan fingerprint density at radius 1 is 1.44 bits per heavy atom. The number of piperidine rings is 1. The van der Waals surface area contributed by atoms with Gasteiger partial charge < -0.3 is 4.74 Å². The average molecular weight is 387 g/mol. The molecule has 1 saturated heterocycles. The number of thiazole rings is 1. The van der Waals surface area contributed by atoms with Crippen LogP contribution in [0.3, 0.4) is 0 Å². The smallest absolute Gasteiger partial charge is 0.194 e. The molecule has 4 rings (SSSR count). The number of halogens is 1. The summed E-state index contributed by atoms with van der Waals surface area (Å²) in [6.07, 6.45) is 3.84. The Bertz CT molecular complexity index is 981. The van der Waals surface area contributed by atoms with E-state index in [0.717, 1.165) is 36.6 Å². The van der Waals surface area contributed by atoms with Gasteiger partial charge in [0.05, 0.1) is 18.5 Å². The predicted molar refractivity (Wildman–Crippen MR) is 103 cm³/mol. The Balaban J connectivity index is 1.49. The molecular weight excluding hydrogens is 365 g/mol. The molecular formula is C20H22FN3O2S. The lowest BCUT2D eigenvalue weighted by Crippen LogP contribution is -2.38. The SMILES string of the molecule is COc1ccc(C(=O)C2CCCN(Cc3c(C)nc4sccn34)C2)cc1F. The van der Waals surface area contributed by atoms with E-state index < -0.39 is 5.82 Å². The summed E-state index contributed by atoms with van der Waals surface area (Å²) in [6.45, 7) is 4.44. The van der Waals surface area contributed by atoms with Crippen LogP contribution in [0.15, 0.2) is 29.8 Å². The van der Waals surface area contributed by atoms with Gasteiger partial charge >= 0.3 is 0 Å². The lowest BCUT2D eigenvalue weighted by molar-refractivity contribution is 0.0809. The minimum absolute atomic E-state index is 0.00643. The largest absolute Gasteiger partial charge is 0.494 e. The van der Waals surface area contributed by atoms with Gasteiger partial charge in [-0.15, -0.1) is 11.3 Å². The summed E-state index contributed by atoms with van der Waals surface area (Å²) in [7, 11) is 1.42. The first-order valence-electron chi connectivity index (χ1n) is 9.08. The first-order chi connectivity index (χ1) is 13.1. The van der Waals surface area contributed by atoms with Crippen LogP contribution < -0.4 is 4.74 Å². The van der Waals surface area contributed by atoms with Gasteiger partial charge in [0.2, 0.25) is 0 Å². The summed E-state index contributed by atoms with van der Waals surface area (Å²) >= 11 is 1.62. The van der Waals surface area contributed by atoms with E-state index in [0.29, 0.717) is 12.1 Å². The second-order valence-electron chi connectivity index (χ2n) is 6.99. The number of aryl methyl sites for hydroxylation is 1. The number of methoxy groups -OCH3 is 1. The Morgan fingerprint density at radius 3 is 3.07 bits per heavy atom. The molecule has 27 heavy (non-hydrogen) atoms. The fraction of sp³-hybridized carbons (Fsp3) is 0.400. The number of ketones is 1. The molecule has 0 N–H and O–H groups in total. The van der Waals surface area contributed by atoms with Crippen molar-refractivity contribution in [3.8, 4) is 5.75 Å². The average Bonchev–Trinajstić information content (AvgIpc) is 3.23. The Hall–Kier alpha value is -2.25. The van der Waals surface area contributed by atoms with E-state index in [4.69, 9.17) is 4.74 Å². The van der Waals surface area contributed by atoms with Crippen molar-refractivity contribution >= 4 is 22.1 Å². The monoisotopic (exact) mass is 387 g/mol. The van der Waals surface area contributed by atoms with Crippen molar-refractivity contribution in [1.82, 2.24) is 14.3 Å². The van der Waals surface area contributed by atoms with Crippen molar-refractivity contribution in [2.24, 2.45) is 5.92 Å². The summed E-state index contributed by atoms with van der Waals surface area (Å²) in [5.74, 6) is -0.441. The summed E-state index contributed by atoms with van der Waals surface area (Å²) in [5, 5.41) is 2.03. The Kier molecular flexibility index (Phi) is 4.97. The number of likely N-dealkylation sites (tertiary alicyclic amines) is 1. The van der Waals surface area contributed by atoms with Gasteiger partial charge in [0.25, 0.3) is 0 Å². The van der Waals surface area contributed by atoms with Crippen molar-refractivity contribution in [2.45, 2.75) is 26.3 Å². The molecule has 1 aliphatic rings. The molecule has 1 atom stereocenters. The van der Waals surface area contributed by atoms with E-state index in [9.17, 15) is 9.18 Å². The van der Waals surface area contributed by atoms with Crippen molar-refractivity contribution in [1.29, 1.82) is 0 Å². The number of carbonyl (C=O) groups is 1. The molecule has 1 aliphatic heterocycles. The van der Waals surface area contributed by atoms with E-state index in [1.165, 1.54) is 24.9 Å². The number of nitrogens with zero attached hydrogens (tertiary/aromatic N) is 3. The first-order valence-corrected chi connectivity index (χ1v) is 9.96. The maximum atomic E-state index is 14.0. The predicted octanol–water partition coefficient (Wildman–Crippen LogP) is 3.95. The van der Waals surface area contributed by atoms with Crippen molar-refractivity contribution in [2.75, 3.05) is 20.2 Å². The highest BCUT2D eigenvalue weighted by molar-refractivity contribution is 7.15. The fourth-order valence-electron chi connectivity index (χ4n) is 3.81. The number of carbonyl (C=O) groups excluding carboxylic acids is 1. The lowest BCUT2D eigenvalue weighted by Gasteiger charge is -2.32. The van der Waals surface area contributed by atoms with E-state index in [2.05, 4.69) is 14.3 Å². The van der Waals surface area contributed by atoms with Crippen LogP contribution in [0.25, 0.3) is 4.96 Å². The van der Waals surface area contributed by atoms with Gasteiger partial charge in [-0.2, -0.15) is 0 Å². The maximum Gasteiger partial charge on any atom is 0.194 e. The molecule has 3 aromatic rings. The van der Waals surface area contributed by atoms with Crippen LogP contribution >= 0.6 is 11.3 Å². The van der Waals surface area contributed by atoms with Crippen LogP contribution in [0.1, 0.15) is 34.6 Å². The number of fused-ring (bicyclic) bond motifs is 1. The highest BCUT2D eigenvalue weighted by Crippen LogP contribution is 2.26. The van der Waals surface area contributed by atoms with Crippen LogP contribution in [0.4, 0.5) is 4.39 Å². The van der Waals surface area contributed by atoms with Gasteiger partial charge in [-0.3, -0.25) is 14.1 Å². The van der Waals surface area contributed by atoms with Gasteiger partial charge in [-0.05, 0) is 44.5 Å². The van der Waals surface area contributed by atoms with Crippen LogP contribution in [0.5, 0.6) is 5.75 Å². The van der Waals surface area contributed by atoms with E-state index >= 15 is 0 Å². The third-order valence-corrected chi connectivity index (χ3v) is 6.00. The number of hydrogen-bond donors (Lipinski definition) is 0. The number of hydrogen-bond acceptors (Lipinski definition) is 5. The van der Waals surface area contributed by atoms with Gasteiger partial charge in [0, 0.05) is 36.1 Å². The van der Waals surface area contributed by atoms with Gasteiger partial charge in [-0.25, -0.2) is 9.37 Å². The molecule has 5 nitrogen and oxygen atoms in total. The maximum absolute atomic E-state index is 14.0. The van der Waals surface area contributed by atoms with E-state index in [1.54, 1.807) is 17.4 Å². The Morgan fingerprint density at radius 2 is 2.30 bits per heavy atom. The third-order valence-electron chi connectivity index (χ3n) is 5.25. The molecule has 1 unspecified atom stereocenters. The molecule has 0 amide bonds. The van der Waals surface area contributed by atoms with Crippen LogP contribution in [-0.2, 0) is 6.54 Å². The zero-order valence-corrected chi connectivity index (χ0v) is 16.3. The van der Waals surface area contributed by atoms with E-state index in [-0.39, 0.29) is 17.5 Å². The molecule has 3 heterocycles. The van der Waals surface area contributed by atoms with Gasteiger partial charge in [0.15, 0.2) is 22.3 Å². The molecule has 0 aliphatic carbocycles. The summed E-state index contributed by atoms with van der Waals surface area (Å²) in [4.78, 5) is 20.8. The normalized spacial score (nSPS) is 18.1. The Labute approximate surface area is 161 Å². The number of imidazole rings is 1. The number of rotatable bonds is 5. The quantitative estimate of drug-likeness (QED) is 0.622. The number of Topliss-reactive ketones (excluding diaryl/α,β-unsaturated/α-hetero) is 1. The second-order valence-corrected chi connectivity index (χ2v) is 7.86. The second kappa shape index (κ2) is 7.40. The number of aromatic nitrogens is 2. The summed E-state index contributed by atoms with van der Waals surface area (Å²) in [5.41, 5.74) is 2.63. The standard InChI is InChI=1S/C20H22FN3O2S/c1-13-17(24-8-9-27-20(24)22-13)12-23-7-3-4-15(11-23)19(25)14-5-6-18(26-2)16(21)10-14/h5-6,8-10,15H,3-4,7,11-12H2,1-2H3. The molecule has 0 bridgehead atoms. The zero-order valence-electron chi connectivity index (χ0n) is 15.4. The van der Waals surface area contributed by atoms with Crippen LogP contribution in [-0.4, -0.2) is 40.3 Å². The first kappa shape index (κ1) is 18.1. The van der Waals surface area contributed by atoms with Crippen molar-refractivity contribution < 1.29 is 13.9 Å². The molecule has 1 aromatic carbocycles. The summed E-state index contributed by atoms with van der Waals surface area (Å²) < 4.78 is 21.0. The molecule has 2 aromatic heterocycles. The number of ether oxygens (including phenoxy) is 1. The minimum atomic E-state index is -0.495. The molecule has 1 fully saturated rings. The van der Waals surface area contributed by atoms with Crippen LogP contribution in [0, 0.1) is 18.7 Å². The molecule has 142 valence electrons. The fourth-order valence-corrected chi connectivity index (χ4v) is 4.59. The number of benzene rings is 1. The molecule has 0 spiro atoms. The van der Waals surface area contributed by atoms with Crippen LogP contribution in [0.2, 0.25) is 0 Å². The molecule has 0 saturated carbocycles. The highest BCUT2D eigenvalue weighted by Gasteiger charge is 2.28. The minimum Gasteiger partial charge on any atom is -0.494 e. The highest BCUT2D eigenvalue weighted by atomic mass is 32.1. The van der Waals surface area contributed by atoms with Gasteiger partial charge in [0.1, 0.15) is 0 Å². The zero-order chi connectivity index (χ0) is 19.0. The van der Waals surface area contributed by atoms with Crippen molar-refractivity contribution in [3.05, 3.63) is 52.5 Å². The topological polar surface area (TPSA) is 46.8 Å². The molecule has 7 heteroatoms. The van der Waals surface area contributed by atoms with Gasteiger partial charge in [-0.1, -0.05) is 0 Å². The summed E-state index contributed by atoms with van der Waals surface area (Å²) in [6, 6.07) is 4.46. The lowest BCUT2D eigenvalue weighted by atomic mass is 9.90.